The topological polar surface area (TPSA) is 106 Å². The number of ether oxygens (including phenoxy) is 4. The quantitative estimate of drug-likeness (QED) is 0.263. The fourth-order valence-electron chi connectivity index (χ4n) is 2.73. The first-order chi connectivity index (χ1) is 14.9. The zero-order valence-corrected chi connectivity index (χ0v) is 17.6. The van der Waals surface area contributed by atoms with Crippen LogP contribution in [0.25, 0.3) is 10.9 Å². The summed E-state index contributed by atoms with van der Waals surface area (Å²) in [5, 5.41) is 1.95. The Labute approximate surface area is 180 Å². The smallest absolute Gasteiger partial charge is 0.357 e. The van der Waals surface area contributed by atoms with Crippen LogP contribution in [0.2, 0.25) is 0 Å². The molecular weight excluding hydrogens is 431 g/mol. The summed E-state index contributed by atoms with van der Waals surface area (Å²) in [6.45, 7) is 0.0706. The van der Waals surface area contributed by atoms with Crippen molar-refractivity contribution >= 4 is 40.0 Å². The van der Waals surface area contributed by atoms with Crippen LogP contribution in [-0.4, -0.2) is 61.3 Å². The first-order valence-corrected chi connectivity index (χ1v) is 9.91. The molecule has 2 heterocycles. The second-order valence-electron chi connectivity index (χ2n) is 6.22. The van der Waals surface area contributed by atoms with Gasteiger partial charge in [-0.05, 0) is 18.2 Å². The van der Waals surface area contributed by atoms with Crippen molar-refractivity contribution in [1.82, 2.24) is 9.55 Å². The number of methoxy groups -OCH3 is 2. The van der Waals surface area contributed by atoms with Gasteiger partial charge in [-0.25, -0.2) is 19.0 Å². The van der Waals surface area contributed by atoms with Gasteiger partial charge in [0.05, 0.1) is 31.4 Å². The molecule has 0 spiro atoms. The molecule has 0 aliphatic heterocycles. The molecule has 0 saturated heterocycles. The van der Waals surface area contributed by atoms with Crippen LogP contribution in [0.3, 0.4) is 0 Å². The number of carbonyl (C=O) groups is 3. The van der Waals surface area contributed by atoms with E-state index >= 15 is 0 Å². The molecule has 2 aromatic heterocycles. The van der Waals surface area contributed by atoms with Crippen molar-refractivity contribution in [2.45, 2.75) is 6.73 Å². The van der Waals surface area contributed by atoms with E-state index in [1.807, 2.05) is 0 Å². The van der Waals surface area contributed by atoms with Crippen molar-refractivity contribution in [3.63, 3.8) is 0 Å². The molecule has 0 radical (unpaired) electrons. The maximum Gasteiger partial charge on any atom is 0.357 e. The van der Waals surface area contributed by atoms with Crippen molar-refractivity contribution in [1.29, 1.82) is 0 Å². The van der Waals surface area contributed by atoms with Gasteiger partial charge in [0.15, 0.2) is 17.4 Å². The Hall–Kier alpha value is -3.15. The summed E-state index contributed by atoms with van der Waals surface area (Å²) >= 11 is 0.991. The molecule has 0 N–H and O–H groups in total. The van der Waals surface area contributed by atoms with Gasteiger partial charge in [-0.15, -0.1) is 11.3 Å². The molecule has 0 fully saturated rings. The predicted molar refractivity (Wildman–Crippen MR) is 108 cm³/mol. The molecule has 1 aromatic carbocycles. The van der Waals surface area contributed by atoms with Gasteiger partial charge in [0.25, 0.3) is 0 Å². The predicted octanol–water partition coefficient (Wildman–Crippen LogP) is 2.42. The third kappa shape index (κ3) is 5.32. The Kier molecular flexibility index (Phi) is 7.45. The van der Waals surface area contributed by atoms with Crippen LogP contribution < -0.4 is 0 Å². The lowest BCUT2D eigenvalue weighted by Crippen LogP contribution is -2.16. The Morgan fingerprint density at radius 3 is 2.74 bits per heavy atom. The molecule has 0 amide bonds. The summed E-state index contributed by atoms with van der Waals surface area (Å²) in [7, 11) is 2.73. The Bertz CT molecular complexity index is 1110. The first kappa shape index (κ1) is 22.5. The highest BCUT2D eigenvalue weighted by atomic mass is 32.1. The monoisotopic (exact) mass is 450 g/mol. The molecule has 0 aliphatic rings. The number of thiazole rings is 1. The molecular formula is C20H19FN2O7S. The molecule has 3 rings (SSSR count). The Morgan fingerprint density at radius 1 is 1.19 bits per heavy atom. The normalized spacial score (nSPS) is 10.9. The number of halogens is 1. The molecule has 0 bridgehead atoms. The maximum atomic E-state index is 13.8. The van der Waals surface area contributed by atoms with E-state index in [1.54, 1.807) is 0 Å². The van der Waals surface area contributed by atoms with Crippen molar-refractivity contribution in [2.75, 3.05) is 34.0 Å². The fraction of sp³-hybridized carbons (Fsp3) is 0.300. The number of nitrogens with zero attached hydrogens (tertiary/aromatic N) is 2. The van der Waals surface area contributed by atoms with E-state index in [0.717, 1.165) is 11.3 Å². The molecule has 9 nitrogen and oxygen atoms in total. The maximum absolute atomic E-state index is 13.8. The summed E-state index contributed by atoms with van der Waals surface area (Å²) in [6.07, 6.45) is 1.45. The van der Waals surface area contributed by atoms with Gasteiger partial charge < -0.3 is 23.5 Å². The van der Waals surface area contributed by atoms with E-state index in [2.05, 4.69) is 9.72 Å². The number of benzene rings is 1. The zero-order chi connectivity index (χ0) is 22.4. The van der Waals surface area contributed by atoms with E-state index in [4.69, 9.17) is 14.2 Å². The van der Waals surface area contributed by atoms with Gasteiger partial charge in [0.1, 0.15) is 12.4 Å². The second-order valence-corrected chi connectivity index (χ2v) is 7.08. The first-order valence-electron chi connectivity index (χ1n) is 9.03. The number of aromatic nitrogens is 2. The Morgan fingerprint density at radius 2 is 2.00 bits per heavy atom. The minimum Gasteiger partial charge on any atom is -0.464 e. The van der Waals surface area contributed by atoms with Crippen molar-refractivity contribution in [2.24, 2.45) is 0 Å². The number of carbonyl (C=O) groups excluding carboxylic acids is 3. The zero-order valence-electron chi connectivity index (χ0n) is 16.8. The molecule has 0 atom stereocenters. The van der Waals surface area contributed by atoms with Crippen LogP contribution in [0.5, 0.6) is 0 Å². The lowest BCUT2D eigenvalue weighted by molar-refractivity contribution is -0.153. The minimum absolute atomic E-state index is 0.0213. The van der Waals surface area contributed by atoms with E-state index < -0.39 is 23.5 Å². The van der Waals surface area contributed by atoms with Crippen LogP contribution in [0.15, 0.2) is 29.8 Å². The fourth-order valence-corrected chi connectivity index (χ4v) is 3.47. The highest BCUT2D eigenvalue weighted by molar-refractivity contribution is 7.12. The summed E-state index contributed by atoms with van der Waals surface area (Å²) in [5.41, 5.74) is 0.613. The number of hydrogen-bond acceptors (Lipinski definition) is 9. The van der Waals surface area contributed by atoms with Crippen molar-refractivity contribution in [3.8, 4) is 0 Å². The molecule has 0 unspecified atom stereocenters. The summed E-state index contributed by atoms with van der Waals surface area (Å²) < 4.78 is 34.9. The van der Waals surface area contributed by atoms with Crippen LogP contribution in [0.4, 0.5) is 4.39 Å². The van der Waals surface area contributed by atoms with Crippen LogP contribution >= 0.6 is 11.3 Å². The average Bonchev–Trinajstić information content (AvgIpc) is 3.39. The number of esters is 2. The molecule has 0 saturated carbocycles. The third-order valence-electron chi connectivity index (χ3n) is 4.20. The highest BCUT2D eigenvalue weighted by Crippen LogP contribution is 2.26. The van der Waals surface area contributed by atoms with Gasteiger partial charge in [0, 0.05) is 24.1 Å². The van der Waals surface area contributed by atoms with Crippen LogP contribution in [-0.2, 0) is 30.5 Å². The van der Waals surface area contributed by atoms with E-state index in [9.17, 15) is 18.8 Å². The Balaban J connectivity index is 1.81. The van der Waals surface area contributed by atoms with Gasteiger partial charge in [-0.1, -0.05) is 0 Å². The lowest BCUT2D eigenvalue weighted by Gasteiger charge is -2.08. The largest absolute Gasteiger partial charge is 0.464 e. The average molecular weight is 450 g/mol. The summed E-state index contributed by atoms with van der Waals surface area (Å²) in [6, 6.07) is 3.91. The molecule has 164 valence electrons. The lowest BCUT2D eigenvalue weighted by atomic mass is 10.1. The summed E-state index contributed by atoms with van der Waals surface area (Å²) in [4.78, 5) is 40.4. The van der Waals surface area contributed by atoms with Gasteiger partial charge in [-0.2, -0.15) is 0 Å². The number of ketones is 1. The van der Waals surface area contributed by atoms with Gasteiger partial charge in [0.2, 0.25) is 5.78 Å². The molecule has 3 aromatic rings. The molecule has 0 aliphatic carbocycles. The van der Waals surface area contributed by atoms with Gasteiger partial charge in [-0.3, -0.25) is 4.79 Å². The number of hydrogen-bond donors (Lipinski definition) is 0. The van der Waals surface area contributed by atoms with Crippen molar-refractivity contribution in [3.05, 3.63) is 51.9 Å². The van der Waals surface area contributed by atoms with Gasteiger partial charge >= 0.3 is 11.9 Å². The van der Waals surface area contributed by atoms with Crippen LogP contribution in [0.1, 0.15) is 25.9 Å². The second kappa shape index (κ2) is 10.2. The van der Waals surface area contributed by atoms with E-state index in [-0.39, 0.29) is 36.2 Å². The third-order valence-corrected chi connectivity index (χ3v) is 5.04. The van der Waals surface area contributed by atoms with E-state index in [0.29, 0.717) is 17.5 Å². The minimum atomic E-state index is -0.653. The summed E-state index contributed by atoms with van der Waals surface area (Å²) in [5.74, 6) is -2.24. The highest BCUT2D eigenvalue weighted by Gasteiger charge is 2.22. The SMILES string of the molecule is COCCOCC(=O)OCn1cc(C(=O)c2nc(C(=O)OC)cs2)c2ccc(F)cc21. The standard InChI is InChI=1S/C20H19FN2O7S/c1-27-5-6-29-9-17(24)30-11-23-8-14(13-4-3-12(21)7-16(13)23)18(25)19-22-15(10-31-19)20(26)28-2/h3-4,7-8,10H,5-6,9,11H2,1-2H3. The number of rotatable bonds is 10. The van der Waals surface area contributed by atoms with E-state index in [1.165, 1.54) is 48.6 Å². The molecule has 31 heavy (non-hydrogen) atoms. The van der Waals surface area contributed by atoms with Crippen molar-refractivity contribution < 1.29 is 37.7 Å². The van der Waals surface area contributed by atoms with Crippen LogP contribution in [0, 0.1) is 5.82 Å². The molecule has 11 heteroatoms. The number of fused-ring (bicyclic) bond motifs is 1.